The first-order valence-electron chi connectivity index (χ1n) is 34.8. The van der Waals surface area contributed by atoms with Gasteiger partial charge in [-0.25, -0.2) is 4.68 Å². The number of aryl methyl sites for hydroxylation is 2. The molecule has 1 saturated carbocycles. The van der Waals surface area contributed by atoms with Crippen LogP contribution in [0.3, 0.4) is 0 Å². The molecule has 9 amide bonds. The Kier molecular flexibility index (Phi) is 30.5. The summed E-state index contributed by atoms with van der Waals surface area (Å²) in [6.45, 7) is 11.9. The summed E-state index contributed by atoms with van der Waals surface area (Å²) in [6, 6.07) is 8.47. The van der Waals surface area contributed by atoms with Gasteiger partial charge in [0.05, 0.1) is 36.2 Å². The SMILES string of the molecule is COC/C=C/c1c2nnn1CCCCCC[C@@](C)(NC(=O)[C@H](Cc1ccccc1)NC(=O)[C@@H](NC(=O)[C@H](CC(C)C)NC(C)=O)[C@@H](C)O)C(=O)C[C@@H](Cc1c[nH]c3ccccc13)C(=O)CC[C@@H](CC1CCC1)C(=O)N[C@](C)(C(=O)NC(CO)C(=O)N[C@@H](C)C(=O)NC(C)C(N)=O)CCC2. The number of nitrogens with two attached hydrogens (primary N) is 1. The number of methoxy groups -OCH3 is 1. The number of amides is 9. The minimum absolute atomic E-state index is 0.0124. The van der Waals surface area contributed by atoms with Crippen LogP contribution >= 0.6 is 0 Å². The Morgan fingerprint density at radius 3 is 2.09 bits per heavy atom. The number of primary amides is 1. The summed E-state index contributed by atoms with van der Waals surface area (Å²) in [5, 5.41) is 53.0. The van der Waals surface area contributed by atoms with Gasteiger partial charge < -0.3 is 68.2 Å². The van der Waals surface area contributed by atoms with Crippen molar-refractivity contribution in [3.05, 3.63) is 89.4 Å². The Balaban J connectivity index is 1.38. The number of benzene rings is 2. The van der Waals surface area contributed by atoms with Crippen LogP contribution in [0.25, 0.3) is 17.0 Å². The normalized spacial score (nSPS) is 21.7. The number of nitrogens with one attached hydrogen (secondary N) is 9. The monoisotopic (exact) mass is 1380 g/mol. The van der Waals surface area contributed by atoms with E-state index in [0.717, 1.165) is 35.7 Å². The van der Waals surface area contributed by atoms with Gasteiger partial charge in [-0.15, -0.1) is 5.10 Å². The van der Waals surface area contributed by atoms with E-state index in [1.54, 1.807) is 55.2 Å². The molecule has 0 spiro atoms. The number of ether oxygens (including phenoxy) is 1. The minimum Gasteiger partial charge on any atom is -0.394 e. The summed E-state index contributed by atoms with van der Waals surface area (Å²) in [4.78, 5) is 158. The molecule has 1 fully saturated rings. The fourth-order valence-electron chi connectivity index (χ4n) is 12.6. The van der Waals surface area contributed by atoms with Crippen molar-refractivity contribution in [3.63, 3.8) is 0 Å². The standard InChI is InChI=1S/C72H105N13O14/c1-43(2)36-56(77-47(6)88)66(94)80-62(46(5)87)69(97)78-57(38-49-22-13-12-14-23-49)68(96)82-71(7)32-17-10-11-18-34-85-59(29-21-35-99-9)55(83-84-85)28-20-33-72(8,70(98)79-58(42-86)67(95)76-45(4)64(92)75-44(3)63(73)91)81-65(93)50(37-48-24-19-25-48)30-31-60(89)51(40-61(71)90)39-52-41-74-54-27-16-15-26-53(52)54/h12-16,21-23,26-27,29,41,43-46,48,50-51,56-58,62,74,86-87H,10-11,17-20,24-25,28,30-40,42H2,1-9H3,(H2,73,91)(H,75,92)(H,76,95)(H,77,88)(H,78,97)(H,79,98)(H,80,94)(H,81,93)(H,82,96)/b29-21+/t44?,45-,46+,50-,51+,56-,57-,58?,62-,71+,72-/m0/s1. The van der Waals surface area contributed by atoms with Crippen LogP contribution in [-0.2, 0) is 83.3 Å². The van der Waals surface area contributed by atoms with Gasteiger partial charge in [0.15, 0.2) is 5.78 Å². The maximum Gasteiger partial charge on any atom is 0.246 e. The quantitative estimate of drug-likeness (QED) is 0.0406. The lowest BCUT2D eigenvalue weighted by atomic mass is 9.76. The van der Waals surface area contributed by atoms with E-state index in [9.17, 15) is 43.8 Å². The second-order valence-electron chi connectivity index (χ2n) is 27.7. The highest BCUT2D eigenvalue weighted by Crippen LogP contribution is 2.35. The molecule has 2 aliphatic rings. The molecule has 13 N–H and O–H groups in total. The second kappa shape index (κ2) is 38.0. The average Bonchev–Trinajstić information content (AvgIpc) is 1.82. The number of fused-ring (bicyclic) bond motifs is 3. The van der Waals surface area contributed by atoms with Crippen molar-refractivity contribution >= 4 is 81.7 Å². The molecule has 27 heteroatoms. The van der Waals surface area contributed by atoms with Gasteiger partial charge in [0.2, 0.25) is 53.2 Å². The van der Waals surface area contributed by atoms with Gasteiger partial charge in [0.1, 0.15) is 47.6 Å². The van der Waals surface area contributed by atoms with Gasteiger partial charge in [0, 0.05) is 68.8 Å². The molecule has 0 saturated heterocycles. The Labute approximate surface area is 579 Å². The highest BCUT2D eigenvalue weighted by atomic mass is 16.5. The maximum absolute atomic E-state index is 15.7. The first kappa shape index (κ1) is 79.3. The summed E-state index contributed by atoms with van der Waals surface area (Å²) in [5.41, 5.74) is 5.33. The fourth-order valence-corrected chi connectivity index (χ4v) is 12.6. The van der Waals surface area contributed by atoms with Crippen molar-refractivity contribution < 1.29 is 67.7 Å². The topological polar surface area (TPSA) is 406 Å². The minimum atomic E-state index is -1.77. The number of hydrogen-bond donors (Lipinski definition) is 12. The number of para-hydroxylation sites is 1. The number of Topliss-reactive ketones (excluding diaryl/α,β-unsaturated/α-hetero) is 2. The van der Waals surface area contributed by atoms with Gasteiger partial charge in [-0.2, -0.15) is 0 Å². The number of carbonyl (C=O) groups excluding carboxylic acids is 11. The Hall–Kier alpha value is -8.69. The van der Waals surface area contributed by atoms with Crippen LogP contribution < -0.4 is 48.3 Å². The molecule has 11 atom stereocenters. The van der Waals surface area contributed by atoms with E-state index < -0.39 is 131 Å². The molecule has 0 radical (unpaired) electrons. The number of H-pyrrole nitrogens is 1. The maximum atomic E-state index is 15.7. The predicted molar refractivity (Wildman–Crippen MR) is 371 cm³/mol. The van der Waals surface area contributed by atoms with E-state index in [1.807, 2.05) is 50.3 Å². The van der Waals surface area contributed by atoms with Crippen molar-refractivity contribution in [2.45, 2.75) is 231 Å². The van der Waals surface area contributed by atoms with Crippen LogP contribution in [0.1, 0.15) is 174 Å². The van der Waals surface area contributed by atoms with Gasteiger partial charge in [-0.3, -0.25) is 52.7 Å². The lowest BCUT2D eigenvalue weighted by molar-refractivity contribution is -0.139. The van der Waals surface area contributed by atoms with Crippen molar-refractivity contribution in [1.82, 2.24) is 62.5 Å². The first-order valence-corrected chi connectivity index (χ1v) is 34.8. The molecule has 99 heavy (non-hydrogen) atoms. The number of aliphatic hydroxyl groups is 2. The molecule has 3 heterocycles. The number of aliphatic hydroxyl groups excluding tert-OH is 2. The zero-order valence-corrected chi connectivity index (χ0v) is 58.8. The number of rotatable bonds is 27. The smallest absolute Gasteiger partial charge is 0.246 e. The summed E-state index contributed by atoms with van der Waals surface area (Å²) in [6.07, 6.45) is 9.54. The summed E-state index contributed by atoms with van der Waals surface area (Å²) in [7, 11) is 1.56. The van der Waals surface area contributed by atoms with E-state index >= 15 is 19.2 Å². The summed E-state index contributed by atoms with van der Waals surface area (Å²) >= 11 is 0. The van der Waals surface area contributed by atoms with E-state index in [-0.39, 0.29) is 88.4 Å². The molecule has 27 nitrogen and oxygen atoms in total. The molecule has 2 aromatic carbocycles. The van der Waals surface area contributed by atoms with E-state index in [2.05, 4.69) is 57.8 Å². The number of nitrogens with zero attached hydrogens (tertiary/aromatic N) is 3. The van der Waals surface area contributed by atoms with Gasteiger partial charge in [-0.1, -0.05) is 112 Å². The summed E-state index contributed by atoms with van der Waals surface area (Å²) < 4.78 is 7.10. The van der Waals surface area contributed by atoms with E-state index in [1.165, 1.54) is 34.6 Å². The predicted octanol–water partition coefficient (Wildman–Crippen LogP) is 3.55. The van der Waals surface area contributed by atoms with E-state index in [4.69, 9.17) is 10.5 Å². The molecule has 542 valence electrons. The molecule has 1 aliphatic heterocycles. The second-order valence-corrected chi connectivity index (χ2v) is 27.7. The van der Waals surface area contributed by atoms with Crippen LogP contribution in [0, 0.1) is 23.7 Å². The third-order valence-corrected chi connectivity index (χ3v) is 18.9. The molecule has 2 unspecified atom stereocenters. The number of aromatic amines is 1. The van der Waals surface area contributed by atoms with Crippen molar-refractivity contribution in [2.75, 3.05) is 20.3 Å². The molecule has 1 aliphatic carbocycles. The Bertz CT molecular complexity index is 3460. The Morgan fingerprint density at radius 1 is 0.747 bits per heavy atom. The summed E-state index contributed by atoms with van der Waals surface area (Å²) in [5.74, 6) is -9.28. The third-order valence-electron chi connectivity index (χ3n) is 18.9. The van der Waals surface area contributed by atoms with Crippen LogP contribution in [0.2, 0.25) is 0 Å². The van der Waals surface area contributed by atoms with Gasteiger partial charge >= 0.3 is 0 Å². The molecular weight excluding hydrogens is 1270 g/mol. The zero-order valence-electron chi connectivity index (χ0n) is 58.8. The molecule has 6 rings (SSSR count). The number of hydrogen-bond acceptors (Lipinski definition) is 16. The van der Waals surface area contributed by atoms with Crippen LogP contribution in [0.4, 0.5) is 0 Å². The zero-order chi connectivity index (χ0) is 72.6. The van der Waals surface area contributed by atoms with E-state index in [0.29, 0.717) is 55.6 Å². The lowest BCUT2D eigenvalue weighted by Crippen LogP contribution is -2.62. The highest BCUT2D eigenvalue weighted by Gasteiger charge is 2.43. The average molecular weight is 1380 g/mol. The van der Waals surface area contributed by atoms with Crippen molar-refractivity contribution in [1.29, 1.82) is 0 Å². The fraction of sp³-hybridized carbons (Fsp3) is 0.597. The largest absolute Gasteiger partial charge is 0.394 e. The highest BCUT2D eigenvalue weighted by molar-refractivity contribution is 6.00. The molecule has 4 aromatic rings. The molecule has 2 aromatic heterocycles. The molecule has 2 bridgehead atoms. The van der Waals surface area contributed by atoms with Crippen LogP contribution in [0.5, 0.6) is 0 Å². The van der Waals surface area contributed by atoms with Gasteiger partial charge in [-0.05, 0) is 128 Å². The lowest BCUT2D eigenvalue weighted by Gasteiger charge is -2.35. The van der Waals surface area contributed by atoms with Crippen molar-refractivity contribution in [3.8, 4) is 0 Å². The van der Waals surface area contributed by atoms with Crippen LogP contribution in [-0.4, -0.2) is 169 Å². The first-order chi connectivity index (χ1) is 47.0. The number of aromatic nitrogens is 4. The van der Waals surface area contributed by atoms with Crippen LogP contribution in [0.15, 0.2) is 66.9 Å². The molecular formula is C72H105N13O14. The number of ketones is 2. The Morgan fingerprint density at radius 2 is 1.43 bits per heavy atom. The van der Waals surface area contributed by atoms with Crippen molar-refractivity contribution in [2.24, 2.45) is 29.4 Å². The third kappa shape index (κ3) is 23.7. The number of carbonyl (C=O) groups is 11. The van der Waals surface area contributed by atoms with Gasteiger partial charge in [0.25, 0.3) is 0 Å².